The summed E-state index contributed by atoms with van der Waals surface area (Å²) >= 11 is 8.00. The van der Waals surface area contributed by atoms with Gasteiger partial charge in [0.1, 0.15) is 0 Å². The predicted octanol–water partition coefficient (Wildman–Crippen LogP) is 3.69. The molecule has 11 heavy (non-hydrogen) atoms. The second-order valence-corrected chi connectivity index (χ2v) is 3.68. The largest absolute Gasteiger partial charge is 0.449 e. The molecule has 0 aliphatic rings. The number of hydrogen-bond donors (Lipinski definition) is 0. The van der Waals surface area contributed by atoms with E-state index >= 15 is 0 Å². The van der Waals surface area contributed by atoms with Gasteiger partial charge >= 0.3 is 0 Å². The normalized spacial score (nSPS) is 10.7. The van der Waals surface area contributed by atoms with Crippen molar-refractivity contribution >= 4 is 45.2 Å². The van der Waals surface area contributed by atoms with Crippen molar-refractivity contribution in [2.75, 3.05) is 0 Å². The lowest BCUT2D eigenvalue weighted by atomic mass is 10.3. The second-order valence-electron chi connectivity index (χ2n) is 2.21. The molecular formula is C8H4ClIO. The molecule has 0 bridgehead atoms. The van der Waals surface area contributed by atoms with E-state index in [-0.39, 0.29) is 0 Å². The van der Waals surface area contributed by atoms with E-state index in [4.69, 9.17) is 16.0 Å². The first kappa shape index (κ1) is 7.43. The fraction of sp³-hybridized carbons (Fsp3) is 0. The minimum Gasteiger partial charge on any atom is -0.449 e. The van der Waals surface area contributed by atoms with E-state index < -0.39 is 0 Å². The van der Waals surface area contributed by atoms with E-state index in [0.717, 1.165) is 14.7 Å². The van der Waals surface area contributed by atoms with Crippen LogP contribution in [0.2, 0.25) is 5.02 Å². The molecule has 1 nitrogen and oxygen atoms in total. The van der Waals surface area contributed by atoms with Crippen LogP contribution in [0.1, 0.15) is 0 Å². The van der Waals surface area contributed by atoms with Crippen molar-refractivity contribution in [1.29, 1.82) is 0 Å². The monoisotopic (exact) mass is 278 g/mol. The molecule has 1 aromatic carbocycles. The van der Waals surface area contributed by atoms with Crippen LogP contribution in [0.3, 0.4) is 0 Å². The fourth-order valence-electron chi connectivity index (χ4n) is 0.996. The van der Waals surface area contributed by atoms with Crippen LogP contribution in [0.4, 0.5) is 0 Å². The highest BCUT2D eigenvalue weighted by Gasteiger charge is 2.03. The third kappa shape index (κ3) is 1.25. The molecule has 0 radical (unpaired) electrons. The SMILES string of the molecule is Clc1cccc2cc(I)oc12. The average Bonchev–Trinajstić information content (AvgIpc) is 2.31. The van der Waals surface area contributed by atoms with Crippen LogP contribution in [0.25, 0.3) is 11.0 Å². The van der Waals surface area contributed by atoms with Gasteiger partial charge in [-0.1, -0.05) is 23.7 Å². The zero-order valence-electron chi connectivity index (χ0n) is 5.47. The summed E-state index contributed by atoms with van der Waals surface area (Å²) in [6.07, 6.45) is 0. The molecule has 1 heterocycles. The van der Waals surface area contributed by atoms with E-state index in [2.05, 4.69) is 22.6 Å². The predicted molar refractivity (Wildman–Crippen MR) is 53.9 cm³/mol. The number of fused-ring (bicyclic) bond motifs is 1. The Balaban J connectivity index is 2.90. The number of halogens is 2. The van der Waals surface area contributed by atoms with Crippen molar-refractivity contribution in [2.45, 2.75) is 0 Å². The van der Waals surface area contributed by atoms with Crippen molar-refractivity contribution in [2.24, 2.45) is 0 Å². The molecule has 0 atom stereocenters. The van der Waals surface area contributed by atoms with Crippen molar-refractivity contribution in [3.8, 4) is 0 Å². The summed E-state index contributed by atoms with van der Waals surface area (Å²) in [4.78, 5) is 0. The highest BCUT2D eigenvalue weighted by atomic mass is 127. The lowest BCUT2D eigenvalue weighted by molar-refractivity contribution is 0.584. The second kappa shape index (κ2) is 2.68. The fourth-order valence-corrected chi connectivity index (χ4v) is 1.77. The van der Waals surface area contributed by atoms with Gasteiger partial charge in [0.15, 0.2) is 9.35 Å². The molecular weight excluding hydrogens is 274 g/mol. The van der Waals surface area contributed by atoms with Crippen LogP contribution in [0.15, 0.2) is 28.7 Å². The summed E-state index contributed by atoms with van der Waals surface area (Å²) in [6.45, 7) is 0. The molecule has 0 saturated carbocycles. The number of rotatable bonds is 0. The Labute approximate surface area is 82.5 Å². The highest BCUT2D eigenvalue weighted by molar-refractivity contribution is 14.1. The molecule has 1 aromatic heterocycles. The Bertz CT molecular complexity index is 394. The molecule has 0 spiro atoms. The Kier molecular flexibility index (Phi) is 1.81. The standard InChI is InChI=1S/C8H4ClIO/c9-6-3-1-2-5-4-7(10)11-8(5)6/h1-4H. The first-order chi connectivity index (χ1) is 5.27. The van der Waals surface area contributed by atoms with Crippen LogP contribution in [0.5, 0.6) is 0 Å². The van der Waals surface area contributed by atoms with Crippen molar-refractivity contribution in [3.05, 3.63) is 33.1 Å². The molecule has 2 rings (SSSR count). The first-order valence-electron chi connectivity index (χ1n) is 3.11. The minimum absolute atomic E-state index is 0.672. The molecule has 0 saturated heterocycles. The Hall–Kier alpha value is -0.220. The van der Waals surface area contributed by atoms with Crippen molar-refractivity contribution < 1.29 is 4.42 Å². The molecule has 0 aliphatic heterocycles. The van der Waals surface area contributed by atoms with Crippen LogP contribution >= 0.6 is 34.2 Å². The maximum Gasteiger partial charge on any atom is 0.165 e. The van der Waals surface area contributed by atoms with Gasteiger partial charge in [-0.25, -0.2) is 0 Å². The summed E-state index contributed by atoms with van der Waals surface area (Å²) < 4.78 is 6.22. The van der Waals surface area contributed by atoms with Gasteiger partial charge in [-0.15, -0.1) is 0 Å². The van der Waals surface area contributed by atoms with Gasteiger partial charge in [0.25, 0.3) is 0 Å². The van der Waals surface area contributed by atoms with E-state index in [9.17, 15) is 0 Å². The molecule has 0 amide bonds. The smallest absolute Gasteiger partial charge is 0.165 e. The molecule has 56 valence electrons. The maximum atomic E-state index is 5.87. The topological polar surface area (TPSA) is 13.1 Å². The molecule has 0 aliphatic carbocycles. The van der Waals surface area contributed by atoms with E-state index in [1.165, 1.54) is 0 Å². The van der Waals surface area contributed by atoms with Crippen molar-refractivity contribution in [1.82, 2.24) is 0 Å². The minimum atomic E-state index is 0.672. The molecule has 0 unspecified atom stereocenters. The summed E-state index contributed by atoms with van der Waals surface area (Å²) in [5.74, 6) is 0. The van der Waals surface area contributed by atoms with Crippen LogP contribution in [-0.2, 0) is 0 Å². The summed E-state index contributed by atoms with van der Waals surface area (Å²) in [7, 11) is 0. The number of para-hydroxylation sites is 1. The highest BCUT2D eigenvalue weighted by Crippen LogP contribution is 2.26. The van der Waals surface area contributed by atoms with Gasteiger partial charge in [0.05, 0.1) is 5.02 Å². The Morgan fingerprint density at radius 1 is 1.36 bits per heavy atom. The van der Waals surface area contributed by atoms with Gasteiger partial charge in [-0.3, -0.25) is 0 Å². The number of benzene rings is 1. The van der Waals surface area contributed by atoms with Gasteiger partial charge in [0, 0.05) is 5.39 Å². The Morgan fingerprint density at radius 3 is 2.91 bits per heavy atom. The van der Waals surface area contributed by atoms with Gasteiger partial charge in [-0.05, 0) is 34.7 Å². The zero-order chi connectivity index (χ0) is 7.84. The quantitative estimate of drug-likeness (QED) is 0.670. The third-order valence-electron chi connectivity index (χ3n) is 1.47. The lowest BCUT2D eigenvalue weighted by Crippen LogP contribution is -1.63. The molecule has 0 N–H and O–H groups in total. The van der Waals surface area contributed by atoms with Gasteiger partial charge < -0.3 is 4.42 Å². The number of furan rings is 1. The lowest BCUT2D eigenvalue weighted by Gasteiger charge is -1.88. The van der Waals surface area contributed by atoms with Gasteiger partial charge in [-0.2, -0.15) is 0 Å². The van der Waals surface area contributed by atoms with Crippen LogP contribution in [-0.4, -0.2) is 0 Å². The van der Waals surface area contributed by atoms with Crippen molar-refractivity contribution in [3.63, 3.8) is 0 Å². The van der Waals surface area contributed by atoms with E-state index in [1.54, 1.807) is 0 Å². The third-order valence-corrected chi connectivity index (χ3v) is 2.30. The number of hydrogen-bond acceptors (Lipinski definition) is 1. The summed E-state index contributed by atoms with van der Waals surface area (Å²) in [5.41, 5.74) is 0.776. The summed E-state index contributed by atoms with van der Waals surface area (Å²) in [5, 5.41) is 1.73. The zero-order valence-corrected chi connectivity index (χ0v) is 8.39. The molecule has 3 heteroatoms. The van der Waals surface area contributed by atoms with E-state index in [0.29, 0.717) is 5.02 Å². The summed E-state index contributed by atoms with van der Waals surface area (Å²) in [6, 6.07) is 7.67. The first-order valence-corrected chi connectivity index (χ1v) is 4.56. The average molecular weight is 278 g/mol. The Morgan fingerprint density at radius 2 is 2.18 bits per heavy atom. The van der Waals surface area contributed by atoms with Gasteiger partial charge in [0.2, 0.25) is 0 Å². The van der Waals surface area contributed by atoms with E-state index in [1.807, 2.05) is 24.3 Å². The van der Waals surface area contributed by atoms with Crippen LogP contribution < -0.4 is 0 Å². The maximum absolute atomic E-state index is 5.87. The molecule has 0 fully saturated rings. The van der Waals surface area contributed by atoms with Crippen LogP contribution in [0, 0.1) is 3.77 Å². The molecule has 2 aromatic rings.